The molecular weight excluding hydrogens is 312 g/mol. The van der Waals surface area contributed by atoms with Crippen molar-refractivity contribution in [2.24, 2.45) is 10.4 Å². The first-order valence-electron chi connectivity index (χ1n) is 7.36. The second-order valence-electron chi connectivity index (χ2n) is 5.54. The van der Waals surface area contributed by atoms with Crippen molar-refractivity contribution in [2.45, 2.75) is 6.92 Å². The van der Waals surface area contributed by atoms with E-state index in [1.54, 1.807) is 25.1 Å². The quantitative estimate of drug-likeness (QED) is 0.620. The molecule has 0 aliphatic heterocycles. The Morgan fingerprint density at radius 2 is 1.54 bits per heavy atom. The first-order chi connectivity index (χ1) is 11.5. The number of benzene rings is 2. The summed E-state index contributed by atoms with van der Waals surface area (Å²) in [4.78, 5) is 16.8. The van der Waals surface area contributed by atoms with Crippen LogP contribution in [0.2, 0.25) is 0 Å². The Kier molecular flexibility index (Phi) is 4.01. The van der Waals surface area contributed by atoms with Crippen molar-refractivity contribution in [1.82, 2.24) is 0 Å². The zero-order chi connectivity index (χ0) is 17.3. The zero-order valence-corrected chi connectivity index (χ0v) is 13.2. The van der Waals surface area contributed by atoms with E-state index < -0.39 is 11.4 Å². The molecule has 2 aromatic carbocycles. The van der Waals surface area contributed by atoms with Crippen LogP contribution in [0.5, 0.6) is 0 Å². The highest BCUT2D eigenvalue weighted by Gasteiger charge is 2.55. The molecule has 1 atom stereocenters. The zero-order valence-electron chi connectivity index (χ0n) is 13.2. The van der Waals surface area contributed by atoms with Gasteiger partial charge in [0.15, 0.2) is 0 Å². The van der Waals surface area contributed by atoms with Crippen LogP contribution in [0.15, 0.2) is 59.6 Å². The molecule has 1 unspecified atom stereocenters. The van der Waals surface area contributed by atoms with E-state index in [0.29, 0.717) is 11.4 Å². The maximum Gasteiger partial charge on any atom is 0.326 e. The molecular formula is C19H15F2NO2. The summed E-state index contributed by atoms with van der Waals surface area (Å²) in [6, 6.07) is 11.6. The smallest absolute Gasteiger partial charge is 0.326 e. The standard InChI is InChI=1S/C19H15F2NO2/c1-12(22-16-9-7-15(21)8-10-16)19(18(23)24-2)11-17(19)13-3-5-14(20)6-4-13/h3-11H,1-2H3. The van der Waals surface area contributed by atoms with E-state index in [9.17, 15) is 13.6 Å². The van der Waals surface area contributed by atoms with E-state index in [1.165, 1.54) is 43.5 Å². The van der Waals surface area contributed by atoms with E-state index in [2.05, 4.69) is 4.99 Å². The molecule has 0 amide bonds. The molecule has 0 bridgehead atoms. The van der Waals surface area contributed by atoms with Gasteiger partial charge in [-0.25, -0.2) is 8.78 Å². The van der Waals surface area contributed by atoms with E-state index in [1.807, 2.05) is 0 Å². The lowest BCUT2D eigenvalue weighted by Crippen LogP contribution is -2.28. The van der Waals surface area contributed by atoms with Gasteiger partial charge in [-0.1, -0.05) is 18.2 Å². The van der Waals surface area contributed by atoms with Gasteiger partial charge in [0.25, 0.3) is 0 Å². The molecule has 1 aliphatic rings. The molecule has 5 heteroatoms. The first kappa shape index (κ1) is 16.1. The summed E-state index contributed by atoms with van der Waals surface area (Å²) in [5.41, 5.74) is 1.45. The fraction of sp³-hybridized carbons (Fsp3) is 0.158. The van der Waals surface area contributed by atoms with Gasteiger partial charge >= 0.3 is 5.97 Å². The number of esters is 1. The van der Waals surface area contributed by atoms with Crippen LogP contribution in [-0.4, -0.2) is 18.8 Å². The minimum absolute atomic E-state index is 0.347. The van der Waals surface area contributed by atoms with Crippen LogP contribution >= 0.6 is 0 Å². The van der Waals surface area contributed by atoms with Crippen molar-refractivity contribution in [3.05, 3.63) is 71.8 Å². The summed E-state index contributed by atoms with van der Waals surface area (Å²) >= 11 is 0. The Morgan fingerprint density at radius 3 is 2.08 bits per heavy atom. The monoisotopic (exact) mass is 327 g/mol. The molecule has 0 fully saturated rings. The Morgan fingerprint density at radius 1 is 1.00 bits per heavy atom. The second-order valence-corrected chi connectivity index (χ2v) is 5.54. The Labute approximate surface area is 138 Å². The molecule has 0 aromatic heterocycles. The minimum atomic E-state index is -1.05. The number of hydrogen-bond acceptors (Lipinski definition) is 3. The summed E-state index contributed by atoms with van der Waals surface area (Å²) in [6.45, 7) is 1.72. The lowest BCUT2D eigenvalue weighted by Gasteiger charge is -2.16. The summed E-state index contributed by atoms with van der Waals surface area (Å²) in [7, 11) is 1.31. The molecule has 1 aliphatic carbocycles. The minimum Gasteiger partial charge on any atom is -0.468 e. The molecule has 24 heavy (non-hydrogen) atoms. The summed E-state index contributed by atoms with van der Waals surface area (Å²) in [5, 5.41) is 0. The van der Waals surface area contributed by atoms with Gasteiger partial charge in [-0.3, -0.25) is 9.79 Å². The van der Waals surface area contributed by atoms with E-state index in [0.717, 1.165) is 11.1 Å². The normalized spacial score (nSPS) is 19.7. The topological polar surface area (TPSA) is 38.7 Å². The largest absolute Gasteiger partial charge is 0.468 e. The second kappa shape index (κ2) is 6.00. The van der Waals surface area contributed by atoms with Crippen LogP contribution in [0.25, 0.3) is 5.57 Å². The van der Waals surface area contributed by atoms with E-state index in [-0.39, 0.29) is 11.6 Å². The third kappa shape index (κ3) is 2.73. The van der Waals surface area contributed by atoms with Gasteiger partial charge in [0.05, 0.1) is 12.8 Å². The van der Waals surface area contributed by atoms with Crippen molar-refractivity contribution in [1.29, 1.82) is 0 Å². The molecule has 3 rings (SSSR count). The highest BCUT2D eigenvalue weighted by atomic mass is 19.1. The van der Waals surface area contributed by atoms with E-state index >= 15 is 0 Å². The van der Waals surface area contributed by atoms with Gasteiger partial charge in [-0.2, -0.15) is 0 Å². The lowest BCUT2D eigenvalue weighted by atomic mass is 9.91. The molecule has 0 heterocycles. The van der Waals surface area contributed by atoms with Gasteiger partial charge in [-0.05, 0) is 54.5 Å². The average Bonchev–Trinajstić information content (AvgIpc) is 3.34. The van der Waals surface area contributed by atoms with Crippen molar-refractivity contribution in [3.63, 3.8) is 0 Å². The molecule has 0 radical (unpaired) electrons. The molecule has 3 nitrogen and oxygen atoms in total. The number of carbonyl (C=O) groups is 1. The maximum absolute atomic E-state index is 13.1. The molecule has 2 aromatic rings. The van der Waals surface area contributed by atoms with Crippen LogP contribution in [0.3, 0.4) is 0 Å². The number of hydrogen-bond donors (Lipinski definition) is 0. The van der Waals surface area contributed by atoms with Gasteiger partial charge in [0.1, 0.15) is 17.0 Å². The Balaban J connectivity index is 1.95. The van der Waals surface area contributed by atoms with Crippen molar-refractivity contribution >= 4 is 22.9 Å². The fourth-order valence-electron chi connectivity index (χ4n) is 2.70. The highest BCUT2D eigenvalue weighted by molar-refractivity contribution is 6.26. The predicted octanol–water partition coefficient (Wildman–Crippen LogP) is 4.31. The van der Waals surface area contributed by atoms with Gasteiger partial charge in [-0.15, -0.1) is 0 Å². The van der Waals surface area contributed by atoms with Gasteiger partial charge < -0.3 is 4.74 Å². The lowest BCUT2D eigenvalue weighted by molar-refractivity contribution is -0.143. The van der Waals surface area contributed by atoms with Gasteiger partial charge in [0.2, 0.25) is 0 Å². The molecule has 0 spiro atoms. The van der Waals surface area contributed by atoms with Crippen LogP contribution in [-0.2, 0) is 9.53 Å². The summed E-state index contributed by atoms with van der Waals surface area (Å²) < 4.78 is 31.0. The number of aliphatic imine (C=N–C) groups is 1. The average molecular weight is 327 g/mol. The van der Waals surface area contributed by atoms with Gasteiger partial charge in [0, 0.05) is 5.71 Å². The summed E-state index contributed by atoms with van der Waals surface area (Å²) in [5.74, 6) is -1.16. The number of halogens is 2. The van der Waals surface area contributed by atoms with Crippen LogP contribution in [0.4, 0.5) is 14.5 Å². The molecule has 0 N–H and O–H groups in total. The van der Waals surface area contributed by atoms with Crippen molar-refractivity contribution < 1.29 is 18.3 Å². The van der Waals surface area contributed by atoms with Crippen LogP contribution < -0.4 is 0 Å². The number of ether oxygens (including phenoxy) is 1. The SMILES string of the molecule is COC(=O)C1(C(C)=Nc2ccc(F)cc2)C=C1c1ccc(F)cc1. The number of rotatable bonds is 4. The fourth-order valence-corrected chi connectivity index (χ4v) is 2.70. The Bertz CT molecular complexity index is 839. The first-order valence-corrected chi connectivity index (χ1v) is 7.36. The van der Waals surface area contributed by atoms with Crippen molar-refractivity contribution in [3.8, 4) is 0 Å². The maximum atomic E-state index is 13.1. The number of nitrogens with zero attached hydrogens (tertiary/aromatic N) is 1. The molecule has 122 valence electrons. The van der Waals surface area contributed by atoms with E-state index in [4.69, 9.17) is 4.74 Å². The molecule has 0 saturated heterocycles. The third-order valence-corrected chi connectivity index (χ3v) is 4.06. The van der Waals surface area contributed by atoms with Crippen molar-refractivity contribution in [2.75, 3.05) is 7.11 Å². The molecule has 0 saturated carbocycles. The van der Waals surface area contributed by atoms with Crippen LogP contribution in [0, 0.1) is 17.0 Å². The predicted molar refractivity (Wildman–Crippen MR) is 88.0 cm³/mol. The van der Waals surface area contributed by atoms with Crippen LogP contribution in [0.1, 0.15) is 12.5 Å². The highest BCUT2D eigenvalue weighted by Crippen LogP contribution is 2.53. The third-order valence-electron chi connectivity index (χ3n) is 4.06. The Hall–Kier alpha value is -2.82. The summed E-state index contributed by atoms with van der Waals surface area (Å²) in [6.07, 6.45) is 1.74. The number of methoxy groups -OCH3 is 1. The number of carbonyl (C=O) groups excluding carboxylic acids is 1.